The van der Waals surface area contributed by atoms with Crippen LogP contribution >= 0.6 is 0 Å². The Morgan fingerprint density at radius 1 is 1.07 bits per heavy atom. The topological polar surface area (TPSA) is 26.5 Å². The molecule has 0 fully saturated rings. The zero-order valence-corrected chi connectivity index (χ0v) is 8.44. The van der Waals surface area contributed by atoms with Crippen LogP contribution in [0.4, 0.5) is 0 Å². The first-order valence-electron chi connectivity index (χ1n) is 4.83. The van der Waals surface area contributed by atoms with E-state index in [4.69, 9.17) is 0 Å². The SMILES string of the molecule is CC(C)C1=CC(c2ccccc2)=N[N]1. The van der Waals surface area contributed by atoms with E-state index >= 15 is 0 Å². The lowest BCUT2D eigenvalue weighted by atomic mass is 10.1. The summed E-state index contributed by atoms with van der Waals surface area (Å²) in [6, 6.07) is 10.1. The minimum Gasteiger partial charge on any atom is -0.155 e. The first kappa shape index (κ1) is 9.00. The summed E-state index contributed by atoms with van der Waals surface area (Å²) in [6.07, 6.45) is 2.06. The fourth-order valence-corrected chi connectivity index (χ4v) is 1.34. The van der Waals surface area contributed by atoms with Crippen LogP contribution < -0.4 is 5.43 Å². The average Bonchev–Trinajstić information content (AvgIpc) is 2.68. The first-order valence-corrected chi connectivity index (χ1v) is 4.83. The molecule has 0 saturated heterocycles. The monoisotopic (exact) mass is 185 g/mol. The van der Waals surface area contributed by atoms with Gasteiger partial charge in [0, 0.05) is 5.56 Å². The molecule has 14 heavy (non-hydrogen) atoms. The van der Waals surface area contributed by atoms with Gasteiger partial charge in [0.15, 0.2) is 0 Å². The first-order chi connectivity index (χ1) is 6.77. The van der Waals surface area contributed by atoms with Crippen molar-refractivity contribution in [1.29, 1.82) is 0 Å². The van der Waals surface area contributed by atoms with Crippen LogP contribution in [-0.4, -0.2) is 5.71 Å². The minimum absolute atomic E-state index is 0.444. The summed E-state index contributed by atoms with van der Waals surface area (Å²) >= 11 is 0. The Bertz CT molecular complexity index is 375. The van der Waals surface area contributed by atoms with E-state index in [2.05, 4.69) is 30.5 Å². The fourth-order valence-electron chi connectivity index (χ4n) is 1.34. The highest BCUT2D eigenvalue weighted by molar-refractivity contribution is 6.09. The van der Waals surface area contributed by atoms with E-state index in [0.717, 1.165) is 17.0 Å². The van der Waals surface area contributed by atoms with Gasteiger partial charge >= 0.3 is 0 Å². The summed E-state index contributed by atoms with van der Waals surface area (Å²) in [6.45, 7) is 4.25. The highest BCUT2D eigenvalue weighted by Gasteiger charge is 2.13. The standard InChI is InChI=1S/C12H13N2/c1-9(2)11-8-12(14-13-11)10-6-4-3-5-7-10/h3-9H,1-2H3. The lowest BCUT2D eigenvalue weighted by molar-refractivity contribution is 0.678. The molecule has 0 aliphatic carbocycles. The van der Waals surface area contributed by atoms with Crippen molar-refractivity contribution in [2.24, 2.45) is 11.0 Å². The van der Waals surface area contributed by atoms with E-state index in [1.54, 1.807) is 0 Å². The Labute approximate surface area is 84.3 Å². The maximum Gasteiger partial charge on any atom is 0.0948 e. The summed E-state index contributed by atoms with van der Waals surface area (Å²) in [4.78, 5) is 0. The zero-order chi connectivity index (χ0) is 9.97. The second-order valence-corrected chi connectivity index (χ2v) is 3.68. The fraction of sp³-hybridized carbons (Fsp3) is 0.250. The van der Waals surface area contributed by atoms with Gasteiger partial charge in [-0.1, -0.05) is 44.2 Å². The summed E-state index contributed by atoms with van der Waals surface area (Å²) in [5.41, 5.74) is 7.30. The molecule has 0 unspecified atom stereocenters. The van der Waals surface area contributed by atoms with Crippen LogP contribution in [0, 0.1) is 5.92 Å². The van der Waals surface area contributed by atoms with Crippen LogP contribution in [0.25, 0.3) is 0 Å². The number of rotatable bonds is 2. The average molecular weight is 185 g/mol. The van der Waals surface area contributed by atoms with Gasteiger partial charge in [-0.2, -0.15) is 10.5 Å². The van der Waals surface area contributed by atoms with Crippen LogP contribution in [0.15, 0.2) is 47.2 Å². The minimum atomic E-state index is 0.444. The van der Waals surface area contributed by atoms with E-state index < -0.39 is 0 Å². The summed E-state index contributed by atoms with van der Waals surface area (Å²) in [5, 5.41) is 4.16. The van der Waals surface area contributed by atoms with Crippen LogP contribution in [0.1, 0.15) is 19.4 Å². The van der Waals surface area contributed by atoms with Crippen LogP contribution in [0.5, 0.6) is 0 Å². The van der Waals surface area contributed by atoms with Gasteiger partial charge in [0.1, 0.15) is 0 Å². The Balaban J connectivity index is 2.23. The van der Waals surface area contributed by atoms with Crippen molar-refractivity contribution in [2.75, 3.05) is 0 Å². The molecule has 0 spiro atoms. The van der Waals surface area contributed by atoms with Gasteiger partial charge in [-0.25, -0.2) is 0 Å². The van der Waals surface area contributed by atoms with E-state index in [9.17, 15) is 0 Å². The molecule has 1 aliphatic rings. The number of hydrogen-bond acceptors (Lipinski definition) is 1. The number of allylic oxidation sites excluding steroid dienone is 2. The van der Waals surface area contributed by atoms with Crippen molar-refractivity contribution in [3.8, 4) is 0 Å². The largest absolute Gasteiger partial charge is 0.155 e. The maximum atomic E-state index is 4.16. The second kappa shape index (κ2) is 3.66. The van der Waals surface area contributed by atoms with Gasteiger partial charge in [0.2, 0.25) is 0 Å². The zero-order valence-electron chi connectivity index (χ0n) is 8.44. The number of benzene rings is 1. The van der Waals surface area contributed by atoms with Gasteiger partial charge < -0.3 is 0 Å². The molecule has 0 amide bonds. The molecule has 2 heteroatoms. The molecule has 2 rings (SSSR count). The van der Waals surface area contributed by atoms with E-state index in [0.29, 0.717) is 5.92 Å². The normalized spacial score (nSPS) is 15.1. The quantitative estimate of drug-likeness (QED) is 0.677. The maximum absolute atomic E-state index is 4.16. The third-order valence-corrected chi connectivity index (χ3v) is 2.22. The molecule has 1 aliphatic heterocycles. The second-order valence-electron chi connectivity index (χ2n) is 3.68. The Morgan fingerprint density at radius 3 is 2.36 bits per heavy atom. The van der Waals surface area contributed by atoms with Crippen molar-refractivity contribution in [2.45, 2.75) is 13.8 Å². The number of hydrogen-bond donors (Lipinski definition) is 0. The third-order valence-electron chi connectivity index (χ3n) is 2.22. The van der Waals surface area contributed by atoms with Crippen molar-refractivity contribution < 1.29 is 0 Å². The molecule has 0 N–H and O–H groups in total. The summed E-state index contributed by atoms with van der Waals surface area (Å²) < 4.78 is 0. The van der Waals surface area contributed by atoms with Crippen molar-refractivity contribution >= 4 is 5.71 Å². The molecule has 0 aromatic heterocycles. The van der Waals surface area contributed by atoms with Crippen molar-refractivity contribution in [3.05, 3.63) is 47.7 Å². The van der Waals surface area contributed by atoms with Gasteiger partial charge in [0.05, 0.1) is 11.4 Å². The molecule has 0 atom stereocenters. The van der Waals surface area contributed by atoms with Crippen LogP contribution in [0.3, 0.4) is 0 Å². The van der Waals surface area contributed by atoms with Crippen molar-refractivity contribution in [1.82, 2.24) is 5.43 Å². The molecular weight excluding hydrogens is 172 g/mol. The predicted molar refractivity (Wildman–Crippen MR) is 58.0 cm³/mol. The highest BCUT2D eigenvalue weighted by Crippen LogP contribution is 2.15. The lowest BCUT2D eigenvalue weighted by Crippen LogP contribution is -1.99. The lowest BCUT2D eigenvalue weighted by Gasteiger charge is -2.00. The van der Waals surface area contributed by atoms with Gasteiger partial charge in [0.25, 0.3) is 0 Å². The molecule has 0 bridgehead atoms. The summed E-state index contributed by atoms with van der Waals surface area (Å²) in [5.74, 6) is 0.444. The Morgan fingerprint density at radius 2 is 1.79 bits per heavy atom. The van der Waals surface area contributed by atoms with E-state index in [-0.39, 0.29) is 0 Å². The molecule has 0 saturated carbocycles. The van der Waals surface area contributed by atoms with Crippen LogP contribution in [0.2, 0.25) is 0 Å². The van der Waals surface area contributed by atoms with Gasteiger partial charge in [-0.15, -0.1) is 0 Å². The smallest absolute Gasteiger partial charge is 0.0948 e. The summed E-state index contributed by atoms with van der Waals surface area (Å²) in [7, 11) is 0. The number of nitrogens with zero attached hydrogens (tertiary/aromatic N) is 2. The Kier molecular flexibility index (Phi) is 2.35. The van der Waals surface area contributed by atoms with Crippen LogP contribution in [-0.2, 0) is 0 Å². The molecule has 1 aromatic rings. The molecule has 2 nitrogen and oxygen atoms in total. The molecule has 1 aromatic carbocycles. The van der Waals surface area contributed by atoms with Gasteiger partial charge in [-0.05, 0) is 12.0 Å². The van der Waals surface area contributed by atoms with Crippen molar-refractivity contribution in [3.63, 3.8) is 0 Å². The van der Waals surface area contributed by atoms with E-state index in [1.807, 2.05) is 30.3 Å². The molecule has 1 radical (unpaired) electrons. The molecule has 1 heterocycles. The van der Waals surface area contributed by atoms with Gasteiger partial charge in [-0.3, -0.25) is 0 Å². The predicted octanol–water partition coefficient (Wildman–Crippen LogP) is 2.55. The Hall–Kier alpha value is -1.57. The third kappa shape index (κ3) is 1.69. The van der Waals surface area contributed by atoms with E-state index in [1.165, 1.54) is 0 Å². The molecular formula is C12H13N2. The molecule has 71 valence electrons. The highest BCUT2D eigenvalue weighted by atomic mass is 15.3.